The first-order valence-electron chi connectivity index (χ1n) is 11.8. The van der Waals surface area contributed by atoms with Crippen molar-refractivity contribution in [3.63, 3.8) is 0 Å². The minimum absolute atomic E-state index is 0.0392. The van der Waals surface area contributed by atoms with Crippen LogP contribution in [0.5, 0.6) is 0 Å². The number of amides is 3. The maximum Gasteiger partial charge on any atom is 0.416 e. The van der Waals surface area contributed by atoms with Gasteiger partial charge < -0.3 is 10.1 Å². The Balaban J connectivity index is 1.66. The second kappa shape index (κ2) is 11.8. The number of halogens is 4. The minimum atomic E-state index is -4.73. The molecule has 14 heteroatoms. The summed E-state index contributed by atoms with van der Waals surface area (Å²) in [5, 5.41) is 2.49. The van der Waals surface area contributed by atoms with Crippen LogP contribution in [0.25, 0.3) is 0 Å². The molecule has 0 saturated carbocycles. The molecule has 4 heterocycles. The van der Waals surface area contributed by atoms with Crippen molar-refractivity contribution < 1.29 is 36.7 Å². The standard InChI is InChI=1S/C27H20F4N6O4/c1-3-24(38)35-21-8-4-6-19(34-21)7-5-11-36(22-10-9-18(28)14-32-22)25(39)20-15-41-26(40)37(20)23-13-17(27(29,30)31)12-16(2)33-23/h3-4,6,8-10,12-14,20H,1,11,15H2,2H3,(H,34,35,38)/t20-/m0/s1. The highest BCUT2D eigenvalue weighted by molar-refractivity contribution is 6.05. The van der Waals surface area contributed by atoms with E-state index in [0.29, 0.717) is 6.07 Å². The van der Waals surface area contributed by atoms with Crippen molar-refractivity contribution in [1.29, 1.82) is 0 Å². The van der Waals surface area contributed by atoms with Gasteiger partial charge in [-0.3, -0.25) is 14.5 Å². The van der Waals surface area contributed by atoms with E-state index < -0.39 is 53.9 Å². The van der Waals surface area contributed by atoms with Gasteiger partial charge in [-0.1, -0.05) is 18.6 Å². The van der Waals surface area contributed by atoms with Gasteiger partial charge in [-0.2, -0.15) is 13.2 Å². The van der Waals surface area contributed by atoms with E-state index in [-0.39, 0.29) is 29.6 Å². The summed E-state index contributed by atoms with van der Waals surface area (Å²) in [6.45, 7) is 3.84. The van der Waals surface area contributed by atoms with Crippen LogP contribution in [-0.4, -0.2) is 52.1 Å². The maximum absolute atomic E-state index is 13.7. The Morgan fingerprint density at radius 1 is 1.24 bits per heavy atom. The molecule has 1 fully saturated rings. The smallest absolute Gasteiger partial charge is 0.416 e. The van der Waals surface area contributed by atoms with Gasteiger partial charge in [0.1, 0.15) is 35.6 Å². The molecule has 0 aromatic carbocycles. The van der Waals surface area contributed by atoms with E-state index in [1.54, 1.807) is 12.1 Å². The molecular weight excluding hydrogens is 548 g/mol. The number of nitrogens with one attached hydrogen (secondary N) is 1. The quantitative estimate of drug-likeness (QED) is 0.273. The summed E-state index contributed by atoms with van der Waals surface area (Å²) in [7, 11) is 0. The molecule has 0 unspecified atom stereocenters. The summed E-state index contributed by atoms with van der Waals surface area (Å²) in [5.74, 6) is 3.22. The molecule has 10 nitrogen and oxygen atoms in total. The number of alkyl halides is 3. The van der Waals surface area contributed by atoms with Crippen LogP contribution in [0.4, 0.5) is 39.8 Å². The third-order valence-corrected chi connectivity index (χ3v) is 5.57. The van der Waals surface area contributed by atoms with Crippen LogP contribution in [0, 0.1) is 24.6 Å². The lowest BCUT2D eigenvalue weighted by molar-refractivity contribution is -0.137. The molecule has 1 aliphatic heterocycles. The lowest BCUT2D eigenvalue weighted by Crippen LogP contribution is -2.49. The van der Waals surface area contributed by atoms with Crippen LogP contribution in [0.2, 0.25) is 0 Å². The summed E-state index contributed by atoms with van der Waals surface area (Å²) in [6.07, 6.45) is -3.88. The molecule has 0 bridgehead atoms. The molecule has 3 amide bonds. The van der Waals surface area contributed by atoms with Crippen molar-refractivity contribution in [3.8, 4) is 11.8 Å². The SMILES string of the molecule is C=CC(=O)Nc1cccc(C#CCN(C(=O)[C@@H]2COC(=O)N2c2cc(C(F)(F)F)cc(C)n2)c2ccc(F)cn2)n1. The van der Waals surface area contributed by atoms with Crippen LogP contribution in [0.3, 0.4) is 0 Å². The number of carbonyl (C=O) groups excluding carboxylic acids is 3. The molecule has 0 radical (unpaired) electrons. The highest BCUT2D eigenvalue weighted by Crippen LogP contribution is 2.33. The van der Waals surface area contributed by atoms with Gasteiger partial charge in [-0.25, -0.2) is 29.0 Å². The Labute approximate surface area is 230 Å². The fraction of sp³-hybridized carbons (Fsp3) is 0.185. The molecule has 0 aliphatic carbocycles. The number of ether oxygens (including phenoxy) is 1. The summed E-state index contributed by atoms with van der Waals surface area (Å²) >= 11 is 0. The zero-order valence-corrected chi connectivity index (χ0v) is 21.3. The van der Waals surface area contributed by atoms with Gasteiger partial charge in [-0.15, -0.1) is 0 Å². The van der Waals surface area contributed by atoms with Crippen LogP contribution in [-0.2, 0) is 20.5 Å². The number of cyclic esters (lactones) is 1. The van der Waals surface area contributed by atoms with E-state index in [1.165, 1.54) is 19.1 Å². The van der Waals surface area contributed by atoms with Gasteiger partial charge >= 0.3 is 12.3 Å². The monoisotopic (exact) mass is 568 g/mol. The number of hydrogen-bond acceptors (Lipinski definition) is 7. The molecule has 1 aliphatic rings. The summed E-state index contributed by atoms with van der Waals surface area (Å²) < 4.78 is 58.9. The number of aryl methyl sites for hydroxylation is 1. The third-order valence-electron chi connectivity index (χ3n) is 5.57. The zero-order chi connectivity index (χ0) is 29.7. The second-order valence-electron chi connectivity index (χ2n) is 8.48. The normalized spacial score (nSPS) is 14.5. The average Bonchev–Trinajstić information content (AvgIpc) is 3.32. The molecule has 1 atom stereocenters. The number of nitrogens with zero attached hydrogens (tertiary/aromatic N) is 5. The topological polar surface area (TPSA) is 118 Å². The van der Waals surface area contributed by atoms with Crippen LogP contribution in [0.15, 0.2) is 61.3 Å². The Bertz CT molecular complexity index is 1570. The fourth-order valence-electron chi connectivity index (χ4n) is 3.73. The van der Waals surface area contributed by atoms with Gasteiger partial charge in [0.25, 0.3) is 5.91 Å². The molecule has 41 heavy (non-hydrogen) atoms. The Hall–Kier alpha value is -5.32. The van der Waals surface area contributed by atoms with Crippen molar-refractivity contribution in [1.82, 2.24) is 15.0 Å². The van der Waals surface area contributed by atoms with E-state index in [2.05, 4.69) is 38.7 Å². The molecule has 3 aromatic rings. The lowest BCUT2D eigenvalue weighted by atomic mass is 10.2. The molecule has 1 N–H and O–H groups in total. The third kappa shape index (κ3) is 6.82. The van der Waals surface area contributed by atoms with E-state index >= 15 is 0 Å². The van der Waals surface area contributed by atoms with Crippen molar-refractivity contribution in [2.24, 2.45) is 0 Å². The maximum atomic E-state index is 13.7. The van der Waals surface area contributed by atoms with Crippen LogP contribution >= 0.6 is 0 Å². The van der Waals surface area contributed by atoms with Crippen LogP contribution in [0.1, 0.15) is 17.0 Å². The Morgan fingerprint density at radius 2 is 2.02 bits per heavy atom. The predicted molar refractivity (Wildman–Crippen MR) is 138 cm³/mol. The number of rotatable bonds is 6. The highest BCUT2D eigenvalue weighted by atomic mass is 19.4. The van der Waals surface area contributed by atoms with Gasteiger partial charge in [0.05, 0.1) is 18.3 Å². The summed E-state index contributed by atoms with van der Waals surface area (Å²) in [5.41, 5.74) is -0.869. The largest absolute Gasteiger partial charge is 0.446 e. The summed E-state index contributed by atoms with van der Waals surface area (Å²) in [6, 6.07) is 6.93. The molecule has 4 rings (SSSR count). The lowest BCUT2D eigenvalue weighted by Gasteiger charge is -2.26. The van der Waals surface area contributed by atoms with E-state index in [1.807, 2.05) is 0 Å². The van der Waals surface area contributed by atoms with E-state index in [4.69, 9.17) is 4.74 Å². The molecular formula is C27H20F4N6O4. The molecule has 210 valence electrons. The van der Waals surface area contributed by atoms with Gasteiger partial charge in [0.2, 0.25) is 5.91 Å². The molecule has 3 aromatic heterocycles. The van der Waals surface area contributed by atoms with Gasteiger partial charge in [0.15, 0.2) is 6.04 Å². The van der Waals surface area contributed by atoms with E-state index in [9.17, 15) is 31.9 Å². The zero-order valence-electron chi connectivity index (χ0n) is 21.3. The van der Waals surface area contributed by atoms with Gasteiger partial charge in [-0.05, 0) is 55.3 Å². The number of anilines is 3. The summed E-state index contributed by atoms with van der Waals surface area (Å²) in [4.78, 5) is 51.6. The molecule has 1 saturated heterocycles. The number of pyridine rings is 3. The second-order valence-corrected chi connectivity index (χ2v) is 8.48. The van der Waals surface area contributed by atoms with Crippen LogP contribution < -0.4 is 15.1 Å². The average molecular weight is 568 g/mol. The Morgan fingerprint density at radius 3 is 2.71 bits per heavy atom. The van der Waals surface area contributed by atoms with Crippen molar-refractivity contribution >= 4 is 35.4 Å². The number of hydrogen-bond donors (Lipinski definition) is 1. The first-order chi connectivity index (χ1) is 19.5. The molecule has 0 spiro atoms. The van der Waals surface area contributed by atoms with Crippen molar-refractivity contribution in [2.75, 3.05) is 28.3 Å². The van der Waals surface area contributed by atoms with Gasteiger partial charge in [0, 0.05) is 5.69 Å². The number of carbonyl (C=O) groups is 3. The first kappa shape index (κ1) is 28.7. The van der Waals surface area contributed by atoms with Crippen molar-refractivity contribution in [3.05, 3.63) is 84.1 Å². The minimum Gasteiger partial charge on any atom is -0.446 e. The fourth-order valence-corrected chi connectivity index (χ4v) is 3.73. The van der Waals surface area contributed by atoms with Crippen molar-refractivity contribution in [2.45, 2.75) is 19.1 Å². The number of aromatic nitrogens is 3. The van der Waals surface area contributed by atoms with E-state index in [0.717, 1.165) is 34.2 Å². The Kier molecular flexibility index (Phi) is 8.27. The highest BCUT2D eigenvalue weighted by Gasteiger charge is 2.43. The predicted octanol–water partition coefficient (Wildman–Crippen LogP) is 3.87. The first-order valence-corrected chi connectivity index (χ1v) is 11.8.